The van der Waals surface area contributed by atoms with Crippen LogP contribution in [-0.2, 0) is 0 Å². The first-order valence-electron chi connectivity index (χ1n) is 5.37. The van der Waals surface area contributed by atoms with Crippen molar-refractivity contribution in [1.29, 1.82) is 0 Å². The lowest BCUT2D eigenvalue weighted by molar-refractivity contribution is 0.0699. The van der Waals surface area contributed by atoms with E-state index in [4.69, 9.17) is 11.6 Å². The molecule has 0 saturated carbocycles. The molecule has 0 bridgehead atoms. The molecule has 94 valence electrons. The molecule has 2 heterocycles. The molecular weight excluding hydrogens is 284 g/mol. The van der Waals surface area contributed by atoms with Gasteiger partial charge in [-0.2, -0.15) is 0 Å². The van der Waals surface area contributed by atoms with Crippen LogP contribution in [0.25, 0.3) is 22.3 Å². The standard InChI is InChI=1S/C13H7ClN2O2S/c14-7-1-2-10-8(3-7)9(13(17)18)4-11(16-10)12-5-19-6-15-12/h1-6H,(H,17,18). The van der Waals surface area contributed by atoms with Gasteiger partial charge in [0, 0.05) is 15.8 Å². The molecule has 3 aromatic rings. The van der Waals surface area contributed by atoms with Crippen molar-refractivity contribution < 1.29 is 9.90 Å². The van der Waals surface area contributed by atoms with E-state index in [2.05, 4.69) is 9.97 Å². The van der Waals surface area contributed by atoms with Crippen molar-refractivity contribution in [3.63, 3.8) is 0 Å². The molecular formula is C13H7ClN2O2S. The highest BCUT2D eigenvalue weighted by Gasteiger charge is 2.14. The highest BCUT2D eigenvalue weighted by molar-refractivity contribution is 7.07. The third kappa shape index (κ3) is 2.18. The van der Waals surface area contributed by atoms with E-state index in [1.165, 1.54) is 17.4 Å². The molecule has 0 saturated heterocycles. The molecule has 0 radical (unpaired) electrons. The van der Waals surface area contributed by atoms with Crippen molar-refractivity contribution in [1.82, 2.24) is 9.97 Å². The lowest BCUT2D eigenvalue weighted by Gasteiger charge is -2.05. The van der Waals surface area contributed by atoms with Gasteiger partial charge >= 0.3 is 5.97 Å². The topological polar surface area (TPSA) is 63.1 Å². The zero-order valence-electron chi connectivity index (χ0n) is 9.50. The minimum atomic E-state index is -1.01. The van der Waals surface area contributed by atoms with Gasteiger partial charge in [0.15, 0.2) is 0 Å². The third-order valence-electron chi connectivity index (χ3n) is 2.70. The molecule has 0 spiro atoms. The number of pyridine rings is 1. The number of aromatic nitrogens is 2. The normalized spacial score (nSPS) is 10.8. The molecule has 4 nitrogen and oxygen atoms in total. The SMILES string of the molecule is O=C(O)c1cc(-c2cscn2)nc2ccc(Cl)cc12. The molecule has 0 atom stereocenters. The molecule has 0 fully saturated rings. The summed E-state index contributed by atoms with van der Waals surface area (Å²) in [5.41, 5.74) is 3.67. The third-order valence-corrected chi connectivity index (χ3v) is 3.52. The van der Waals surface area contributed by atoms with Crippen LogP contribution in [0, 0.1) is 0 Å². The fourth-order valence-electron chi connectivity index (χ4n) is 1.85. The summed E-state index contributed by atoms with van der Waals surface area (Å²) in [6.45, 7) is 0. The number of halogens is 1. The summed E-state index contributed by atoms with van der Waals surface area (Å²) in [4.78, 5) is 19.9. The van der Waals surface area contributed by atoms with E-state index in [9.17, 15) is 9.90 Å². The predicted octanol–water partition coefficient (Wildman–Crippen LogP) is 3.71. The number of thiazole rings is 1. The van der Waals surface area contributed by atoms with Gasteiger partial charge in [0.1, 0.15) is 0 Å². The predicted molar refractivity (Wildman–Crippen MR) is 74.8 cm³/mol. The van der Waals surface area contributed by atoms with E-state index in [1.54, 1.807) is 23.7 Å². The first-order valence-corrected chi connectivity index (χ1v) is 6.69. The van der Waals surface area contributed by atoms with Gasteiger partial charge < -0.3 is 5.11 Å². The summed E-state index contributed by atoms with van der Waals surface area (Å²) in [5, 5.41) is 12.1. The molecule has 2 aromatic heterocycles. The van der Waals surface area contributed by atoms with Gasteiger partial charge in [-0.3, -0.25) is 0 Å². The fourth-order valence-corrected chi connectivity index (χ4v) is 2.56. The maximum Gasteiger partial charge on any atom is 0.336 e. The van der Waals surface area contributed by atoms with Crippen LogP contribution in [0.3, 0.4) is 0 Å². The molecule has 0 amide bonds. The summed E-state index contributed by atoms with van der Waals surface area (Å²) in [6, 6.07) is 6.53. The number of benzene rings is 1. The Hall–Kier alpha value is -1.98. The lowest BCUT2D eigenvalue weighted by atomic mass is 10.1. The molecule has 3 rings (SSSR count). The minimum absolute atomic E-state index is 0.176. The van der Waals surface area contributed by atoms with E-state index >= 15 is 0 Å². The van der Waals surface area contributed by atoms with Crippen molar-refractivity contribution in [2.75, 3.05) is 0 Å². The molecule has 0 aliphatic heterocycles. The number of nitrogens with zero attached hydrogens (tertiary/aromatic N) is 2. The molecule has 0 aliphatic carbocycles. The van der Waals surface area contributed by atoms with Crippen LogP contribution in [0.1, 0.15) is 10.4 Å². The largest absolute Gasteiger partial charge is 0.478 e. The monoisotopic (exact) mass is 290 g/mol. The van der Waals surface area contributed by atoms with Crippen molar-refractivity contribution >= 4 is 39.8 Å². The Morgan fingerprint density at radius 2 is 2.11 bits per heavy atom. The second-order valence-electron chi connectivity index (χ2n) is 3.90. The van der Waals surface area contributed by atoms with E-state index < -0.39 is 5.97 Å². The van der Waals surface area contributed by atoms with E-state index in [1.807, 2.05) is 5.38 Å². The number of aromatic carboxylic acids is 1. The number of carboxylic acid groups (broad SMARTS) is 1. The van der Waals surface area contributed by atoms with Gasteiger partial charge in [0.25, 0.3) is 0 Å². The van der Waals surface area contributed by atoms with Crippen molar-refractivity contribution in [2.45, 2.75) is 0 Å². The lowest BCUT2D eigenvalue weighted by Crippen LogP contribution is -2.00. The second kappa shape index (κ2) is 4.60. The maximum absolute atomic E-state index is 11.4. The Bertz CT molecular complexity index is 772. The summed E-state index contributed by atoms with van der Waals surface area (Å²) >= 11 is 7.34. The first-order chi connectivity index (χ1) is 9.15. The smallest absolute Gasteiger partial charge is 0.336 e. The fraction of sp³-hybridized carbons (Fsp3) is 0. The maximum atomic E-state index is 11.4. The van der Waals surface area contributed by atoms with E-state index in [0.717, 1.165) is 0 Å². The molecule has 0 aliphatic rings. The number of hydrogen-bond donors (Lipinski definition) is 1. The van der Waals surface area contributed by atoms with Crippen molar-refractivity contribution in [3.05, 3.63) is 45.7 Å². The number of rotatable bonds is 2. The Morgan fingerprint density at radius 3 is 2.79 bits per heavy atom. The van der Waals surface area contributed by atoms with E-state index in [-0.39, 0.29) is 5.56 Å². The van der Waals surface area contributed by atoms with Gasteiger partial charge in [0.05, 0.1) is 28.0 Å². The van der Waals surface area contributed by atoms with Crippen molar-refractivity contribution in [3.8, 4) is 11.4 Å². The Labute approximate surface area is 117 Å². The van der Waals surface area contributed by atoms with Crippen LogP contribution in [0.4, 0.5) is 0 Å². The highest BCUT2D eigenvalue weighted by atomic mass is 35.5. The van der Waals surface area contributed by atoms with Gasteiger partial charge in [-0.1, -0.05) is 11.6 Å². The molecule has 1 aromatic carbocycles. The highest BCUT2D eigenvalue weighted by Crippen LogP contribution is 2.26. The van der Waals surface area contributed by atoms with Gasteiger partial charge in [-0.25, -0.2) is 14.8 Å². The van der Waals surface area contributed by atoms with Crippen molar-refractivity contribution in [2.24, 2.45) is 0 Å². The number of carboxylic acids is 1. The average Bonchev–Trinajstić information content (AvgIpc) is 2.91. The Morgan fingerprint density at radius 1 is 1.26 bits per heavy atom. The quantitative estimate of drug-likeness (QED) is 0.781. The van der Waals surface area contributed by atoms with Crippen LogP contribution < -0.4 is 0 Å². The average molecular weight is 291 g/mol. The second-order valence-corrected chi connectivity index (χ2v) is 5.05. The van der Waals surface area contributed by atoms with Crippen LogP contribution in [0.2, 0.25) is 5.02 Å². The molecule has 6 heteroatoms. The zero-order valence-corrected chi connectivity index (χ0v) is 11.1. The first kappa shape index (κ1) is 12.1. The van der Waals surface area contributed by atoms with Crippen LogP contribution in [0.15, 0.2) is 35.2 Å². The summed E-state index contributed by atoms with van der Waals surface area (Å²) < 4.78 is 0. The van der Waals surface area contributed by atoms with Crippen LogP contribution in [0.5, 0.6) is 0 Å². The van der Waals surface area contributed by atoms with Gasteiger partial charge in [0.2, 0.25) is 0 Å². The number of carbonyl (C=O) groups is 1. The van der Waals surface area contributed by atoms with Gasteiger partial charge in [-0.05, 0) is 24.3 Å². The number of hydrogen-bond acceptors (Lipinski definition) is 4. The molecule has 1 N–H and O–H groups in total. The molecule has 19 heavy (non-hydrogen) atoms. The Balaban J connectivity index is 2.34. The van der Waals surface area contributed by atoms with Crippen LogP contribution >= 0.6 is 22.9 Å². The molecule has 0 unspecified atom stereocenters. The number of fused-ring (bicyclic) bond motifs is 1. The van der Waals surface area contributed by atoms with Crippen LogP contribution in [-0.4, -0.2) is 21.0 Å². The minimum Gasteiger partial charge on any atom is -0.478 e. The summed E-state index contributed by atoms with van der Waals surface area (Å²) in [6.07, 6.45) is 0. The van der Waals surface area contributed by atoms with E-state index in [0.29, 0.717) is 27.3 Å². The van der Waals surface area contributed by atoms with Gasteiger partial charge in [-0.15, -0.1) is 11.3 Å². The summed E-state index contributed by atoms with van der Waals surface area (Å²) in [7, 11) is 0. The Kier molecular flexibility index (Phi) is 2.93. The summed E-state index contributed by atoms with van der Waals surface area (Å²) in [5.74, 6) is -1.01. The zero-order chi connectivity index (χ0) is 13.4.